The topological polar surface area (TPSA) is 145 Å². The van der Waals surface area contributed by atoms with Gasteiger partial charge in [0.2, 0.25) is 10.0 Å². The maximum absolute atomic E-state index is 12.6. The lowest BCUT2D eigenvalue weighted by Gasteiger charge is -2.25. The van der Waals surface area contributed by atoms with Crippen LogP contribution in [0.1, 0.15) is 26.7 Å². The summed E-state index contributed by atoms with van der Waals surface area (Å²) >= 11 is 0. The van der Waals surface area contributed by atoms with Gasteiger partial charge in [0.15, 0.2) is 16.4 Å². The third-order valence-corrected chi connectivity index (χ3v) is 5.21. The van der Waals surface area contributed by atoms with Gasteiger partial charge in [-0.05, 0) is 20.3 Å². The minimum absolute atomic E-state index is 0.0138. The van der Waals surface area contributed by atoms with Gasteiger partial charge in [-0.15, -0.1) is 0 Å². The SMILES string of the molecule is CC(C)(CCC(=O)O)NS(=O)(=O)c1cc2c(cc1[N+](=O)[O-])OCCO2. The molecule has 10 nitrogen and oxygen atoms in total. The summed E-state index contributed by atoms with van der Waals surface area (Å²) in [5.74, 6) is -0.875. The van der Waals surface area contributed by atoms with Crippen molar-refractivity contribution < 1.29 is 32.7 Å². The number of benzene rings is 1. The lowest BCUT2D eigenvalue weighted by atomic mass is 10.0. The number of nitro benzene ring substituents is 1. The average Bonchev–Trinajstić information content (AvgIpc) is 2.50. The molecule has 11 heteroatoms. The molecule has 0 unspecified atom stereocenters. The Morgan fingerprint density at radius 3 is 2.40 bits per heavy atom. The van der Waals surface area contributed by atoms with Crippen LogP contribution in [0.3, 0.4) is 0 Å². The van der Waals surface area contributed by atoms with Crippen LogP contribution in [0.25, 0.3) is 0 Å². The molecule has 138 valence electrons. The summed E-state index contributed by atoms with van der Waals surface area (Å²) in [5.41, 5.74) is -1.76. The highest BCUT2D eigenvalue weighted by Gasteiger charge is 2.34. The van der Waals surface area contributed by atoms with E-state index < -0.39 is 37.0 Å². The van der Waals surface area contributed by atoms with Crippen LogP contribution in [0.5, 0.6) is 11.5 Å². The highest BCUT2D eigenvalue weighted by atomic mass is 32.2. The number of ether oxygens (including phenoxy) is 2. The first kappa shape index (κ1) is 18.9. The van der Waals surface area contributed by atoms with E-state index in [2.05, 4.69) is 4.72 Å². The van der Waals surface area contributed by atoms with Crippen LogP contribution < -0.4 is 14.2 Å². The van der Waals surface area contributed by atoms with Crippen molar-refractivity contribution in [2.24, 2.45) is 0 Å². The second kappa shape index (κ2) is 6.84. The average molecular weight is 374 g/mol. The molecule has 0 saturated heterocycles. The summed E-state index contributed by atoms with van der Waals surface area (Å²) in [6, 6.07) is 2.05. The molecule has 0 aromatic heterocycles. The number of hydrogen-bond acceptors (Lipinski definition) is 7. The minimum Gasteiger partial charge on any atom is -0.486 e. The van der Waals surface area contributed by atoms with E-state index in [1.165, 1.54) is 13.8 Å². The molecule has 2 rings (SSSR count). The fraction of sp³-hybridized carbons (Fsp3) is 0.500. The standard InChI is InChI=1S/C14H18N2O8S/c1-14(2,4-3-13(17)18)15-25(21,22)12-8-11-10(23-5-6-24-11)7-9(12)16(19)20/h7-8,15H,3-6H2,1-2H3,(H,17,18). The fourth-order valence-electron chi connectivity index (χ4n) is 2.31. The molecule has 2 N–H and O–H groups in total. The lowest BCUT2D eigenvalue weighted by Crippen LogP contribution is -2.43. The first-order valence-electron chi connectivity index (χ1n) is 7.36. The van der Waals surface area contributed by atoms with Gasteiger partial charge in [-0.25, -0.2) is 13.1 Å². The van der Waals surface area contributed by atoms with Crippen LogP contribution in [0.4, 0.5) is 5.69 Å². The summed E-state index contributed by atoms with van der Waals surface area (Å²) in [6.45, 7) is 3.40. The highest BCUT2D eigenvalue weighted by molar-refractivity contribution is 7.89. The number of nitrogens with one attached hydrogen (secondary N) is 1. The van der Waals surface area contributed by atoms with E-state index >= 15 is 0 Å². The Balaban J connectivity index is 2.41. The summed E-state index contributed by atoms with van der Waals surface area (Å²) < 4.78 is 38.1. The molecular weight excluding hydrogens is 356 g/mol. The molecule has 1 aliphatic rings. The van der Waals surface area contributed by atoms with Gasteiger partial charge in [0.05, 0.1) is 11.0 Å². The van der Waals surface area contributed by atoms with Crippen LogP contribution in [-0.4, -0.2) is 43.2 Å². The second-order valence-corrected chi connectivity index (χ2v) is 7.75. The van der Waals surface area contributed by atoms with Crippen LogP contribution in [0, 0.1) is 10.1 Å². The van der Waals surface area contributed by atoms with Crippen molar-refractivity contribution in [3.8, 4) is 11.5 Å². The number of aliphatic carboxylic acids is 1. The maximum atomic E-state index is 12.6. The molecule has 1 aromatic rings. The van der Waals surface area contributed by atoms with Gasteiger partial charge in [0, 0.05) is 18.0 Å². The summed E-state index contributed by atoms with van der Waals surface area (Å²) in [6.07, 6.45) is -0.237. The number of hydrogen-bond donors (Lipinski definition) is 2. The van der Waals surface area contributed by atoms with Crippen molar-refractivity contribution in [1.82, 2.24) is 4.72 Å². The number of sulfonamides is 1. The molecule has 0 radical (unpaired) electrons. The van der Waals surface area contributed by atoms with Crippen molar-refractivity contribution in [1.29, 1.82) is 0 Å². The van der Waals surface area contributed by atoms with E-state index in [0.717, 1.165) is 12.1 Å². The Kier molecular flexibility index (Phi) is 5.18. The zero-order chi connectivity index (χ0) is 18.8. The number of carboxylic acids is 1. The molecule has 1 aromatic carbocycles. The minimum atomic E-state index is -4.30. The van der Waals surface area contributed by atoms with E-state index in [1.54, 1.807) is 0 Å². The van der Waals surface area contributed by atoms with Gasteiger partial charge in [-0.1, -0.05) is 0 Å². The number of rotatable bonds is 7. The van der Waals surface area contributed by atoms with E-state index in [9.17, 15) is 23.3 Å². The third-order valence-electron chi connectivity index (χ3n) is 3.48. The van der Waals surface area contributed by atoms with Crippen LogP contribution in [-0.2, 0) is 14.8 Å². The third kappa shape index (κ3) is 4.57. The predicted octanol–water partition coefficient (Wildman–Crippen LogP) is 1.29. The van der Waals surface area contributed by atoms with Crippen molar-refractivity contribution in [2.75, 3.05) is 13.2 Å². The molecule has 0 bridgehead atoms. The van der Waals surface area contributed by atoms with Crippen molar-refractivity contribution in [3.05, 3.63) is 22.2 Å². The molecule has 25 heavy (non-hydrogen) atoms. The van der Waals surface area contributed by atoms with Crippen LogP contribution in [0.15, 0.2) is 17.0 Å². The Hall–Kier alpha value is -2.40. The number of fused-ring (bicyclic) bond motifs is 1. The van der Waals surface area contributed by atoms with Crippen LogP contribution in [0.2, 0.25) is 0 Å². The number of carboxylic acid groups (broad SMARTS) is 1. The summed E-state index contributed by atoms with van der Waals surface area (Å²) in [4.78, 5) is 20.6. The van der Waals surface area contributed by atoms with Gasteiger partial charge >= 0.3 is 5.97 Å². The van der Waals surface area contributed by atoms with Gasteiger partial charge < -0.3 is 14.6 Å². The number of nitrogens with zero attached hydrogens (tertiary/aromatic N) is 1. The highest BCUT2D eigenvalue weighted by Crippen LogP contribution is 2.38. The fourth-order valence-corrected chi connectivity index (χ4v) is 3.92. The Morgan fingerprint density at radius 1 is 1.32 bits per heavy atom. The van der Waals surface area contributed by atoms with Crippen molar-refractivity contribution >= 4 is 21.7 Å². The van der Waals surface area contributed by atoms with E-state index in [4.69, 9.17) is 14.6 Å². The molecule has 0 atom stereocenters. The summed E-state index contributed by atoms with van der Waals surface area (Å²) in [7, 11) is -4.30. The quantitative estimate of drug-likeness (QED) is 0.536. The van der Waals surface area contributed by atoms with E-state index in [1.807, 2.05) is 0 Å². The molecular formula is C14H18N2O8S. The maximum Gasteiger partial charge on any atom is 0.303 e. The van der Waals surface area contributed by atoms with Gasteiger partial charge in [-0.3, -0.25) is 14.9 Å². The second-order valence-electron chi connectivity index (χ2n) is 6.10. The number of nitro groups is 1. The van der Waals surface area contributed by atoms with Gasteiger partial charge in [-0.2, -0.15) is 0 Å². The van der Waals surface area contributed by atoms with E-state index in [0.29, 0.717) is 0 Å². The van der Waals surface area contributed by atoms with Crippen molar-refractivity contribution in [3.63, 3.8) is 0 Å². The van der Waals surface area contributed by atoms with Gasteiger partial charge in [0.25, 0.3) is 5.69 Å². The lowest BCUT2D eigenvalue weighted by molar-refractivity contribution is -0.388. The Morgan fingerprint density at radius 2 is 1.88 bits per heavy atom. The van der Waals surface area contributed by atoms with Gasteiger partial charge in [0.1, 0.15) is 13.2 Å². The monoisotopic (exact) mass is 374 g/mol. The molecule has 0 amide bonds. The van der Waals surface area contributed by atoms with Crippen molar-refractivity contribution in [2.45, 2.75) is 37.1 Å². The molecule has 0 aliphatic carbocycles. The molecule has 1 aliphatic heterocycles. The normalized spacial score (nSPS) is 14.2. The first-order valence-corrected chi connectivity index (χ1v) is 8.84. The zero-order valence-corrected chi connectivity index (χ0v) is 14.5. The Labute approximate surface area is 143 Å². The zero-order valence-electron chi connectivity index (χ0n) is 13.6. The largest absolute Gasteiger partial charge is 0.486 e. The molecule has 0 saturated carbocycles. The molecule has 0 spiro atoms. The van der Waals surface area contributed by atoms with E-state index in [-0.39, 0.29) is 37.6 Å². The van der Waals surface area contributed by atoms with Crippen LogP contribution >= 0.6 is 0 Å². The smallest absolute Gasteiger partial charge is 0.303 e. The Bertz CT molecular complexity index is 803. The predicted molar refractivity (Wildman–Crippen MR) is 85.4 cm³/mol. The first-order chi connectivity index (χ1) is 11.5. The summed E-state index contributed by atoms with van der Waals surface area (Å²) in [5, 5.41) is 20.0. The molecule has 1 heterocycles. The number of carbonyl (C=O) groups is 1. The molecule has 0 fully saturated rings.